The molecule has 69 heavy (non-hydrogen) atoms. The van der Waals surface area contributed by atoms with E-state index in [0.29, 0.717) is 0 Å². The molecular formula is C67H56N2. The highest BCUT2D eigenvalue weighted by molar-refractivity contribution is 5.93. The van der Waals surface area contributed by atoms with Crippen LogP contribution < -0.4 is 9.80 Å². The second kappa shape index (κ2) is 17.5. The van der Waals surface area contributed by atoms with Gasteiger partial charge in [-0.25, -0.2) is 0 Å². The van der Waals surface area contributed by atoms with Gasteiger partial charge in [0.2, 0.25) is 0 Å². The van der Waals surface area contributed by atoms with E-state index in [-0.39, 0.29) is 10.8 Å². The van der Waals surface area contributed by atoms with Crippen molar-refractivity contribution in [1.29, 1.82) is 0 Å². The van der Waals surface area contributed by atoms with Crippen molar-refractivity contribution in [2.24, 2.45) is 0 Å². The van der Waals surface area contributed by atoms with Crippen LogP contribution in [0.2, 0.25) is 0 Å². The number of benzene rings is 9. The molecular weight excluding hydrogens is 833 g/mol. The number of allylic oxidation sites excluding steroid dienone is 5. The van der Waals surface area contributed by atoms with E-state index < -0.39 is 0 Å². The Hall–Kier alpha value is -8.20. The molecule has 2 aliphatic rings. The zero-order valence-corrected chi connectivity index (χ0v) is 40.1. The maximum Gasteiger partial charge on any atom is 0.0465 e. The standard InChI is InChI=1S/C67H56N2/c1-7-17-58-60-42-40-56(44-64(60)66(3,4)62(58)8-2)68(52-32-24-48(25-33-52)46-18-11-9-12-19-46)54-36-28-50(29-37-54)51-30-38-55(39-31-51)69(53-34-26-49(27-35-53)47-20-13-10-14-21-47)57-41-43-61-59-22-15-16-23-63(59)67(5,6)65(61)45-57/h7-45H,1H2,2-6H3/b58-17-,62-8+. The second-order valence-electron chi connectivity index (χ2n) is 19.4. The first-order chi connectivity index (χ1) is 33.6. The van der Waals surface area contributed by atoms with Crippen molar-refractivity contribution < 1.29 is 0 Å². The summed E-state index contributed by atoms with van der Waals surface area (Å²) in [5.41, 5.74) is 24.1. The van der Waals surface area contributed by atoms with E-state index in [1.165, 1.54) is 66.8 Å². The van der Waals surface area contributed by atoms with Crippen LogP contribution in [-0.4, -0.2) is 0 Å². The van der Waals surface area contributed by atoms with E-state index in [2.05, 4.69) is 282 Å². The summed E-state index contributed by atoms with van der Waals surface area (Å²) in [6.45, 7) is 15.6. The number of fused-ring (bicyclic) bond motifs is 4. The van der Waals surface area contributed by atoms with Crippen molar-refractivity contribution in [2.45, 2.75) is 45.4 Å². The van der Waals surface area contributed by atoms with Gasteiger partial charge in [0.1, 0.15) is 0 Å². The van der Waals surface area contributed by atoms with Crippen LogP contribution in [0.5, 0.6) is 0 Å². The first-order valence-electron chi connectivity index (χ1n) is 24.1. The largest absolute Gasteiger partial charge is 0.310 e. The van der Waals surface area contributed by atoms with Crippen molar-refractivity contribution in [3.05, 3.63) is 271 Å². The minimum Gasteiger partial charge on any atom is -0.310 e. The molecule has 0 heterocycles. The lowest BCUT2D eigenvalue weighted by atomic mass is 9.82. The Morgan fingerprint density at radius 3 is 1.12 bits per heavy atom. The van der Waals surface area contributed by atoms with Crippen molar-refractivity contribution in [3.8, 4) is 44.5 Å². The topological polar surface area (TPSA) is 6.48 Å². The molecule has 2 heteroatoms. The molecule has 334 valence electrons. The SMILES string of the molecule is C=C/C=C1\C(=C/C)C(C)(C)c2cc(N(c3ccc(-c4ccccc4)cc3)c3ccc(-c4ccc(N(c5ccc(-c6ccccc6)cc5)c5ccc6c(c5)C(C)(C)c5ccccc5-6)cc4)cc3)ccc21. The van der Waals surface area contributed by atoms with Crippen LogP contribution in [0.4, 0.5) is 34.1 Å². The summed E-state index contributed by atoms with van der Waals surface area (Å²) in [6, 6.07) is 80.1. The van der Waals surface area contributed by atoms with E-state index in [1.807, 2.05) is 6.08 Å². The van der Waals surface area contributed by atoms with Gasteiger partial charge in [-0.2, -0.15) is 0 Å². The lowest BCUT2D eigenvalue weighted by molar-refractivity contribution is 0.659. The third kappa shape index (κ3) is 7.63. The predicted molar refractivity (Wildman–Crippen MR) is 295 cm³/mol. The predicted octanol–water partition coefficient (Wildman–Crippen LogP) is 18.7. The van der Waals surface area contributed by atoms with E-state index >= 15 is 0 Å². The minimum absolute atomic E-state index is 0.110. The second-order valence-corrected chi connectivity index (χ2v) is 19.4. The smallest absolute Gasteiger partial charge is 0.0465 e. The maximum atomic E-state index is 4.05. The fourth-order valence-electron chi connectivity index (χ4n) is 11.1. The van der Waals surface area contributed by atoms with Crippen LogP contribution in [0, 0.1) is 0 Å². The summed E-state index contributed by atoms with van der Waals surface area (Å²) in [7, 11) is 0. The molecule has 9 aromatic rings. The molecule has 0 aromatic heterocycles. The van der Waals surface area contributed by atoms with Crippen molar-refractivity contribution >= 4 is 39.7 Å². The highest BCUT2D eigenvalue weighted by Gasteiger charge is 2.38. The third-order valence-electron chi connectivity index (χ3n) is 14.6. The van der Waals surface area contributed by atoms with Gasteiger partial charge in [0.15, 0.2) is 0 Å². The number of nitrogens with zero attached hydrogens (tertiary/aromatic N) is 2. The molecule has 0 amide bonds. The Morgan fingerprint density at radius 1 is 0.348 bits per heavy atom. The van der Waals surface area contributed by atoms with E-state index in [1.54, 1.807) is 0 Å². The molecule has 0 bridgehead atoms. The van der Waals surface area contributed by atoms with Crippen molar-refractivity contribution in [2.75, 3.05) is 9.80 Å². The fourth-order valence-corrected chi connectivity index (χ4v) is 11.1. The van der Waals surface area contributed by atoms with Crippen molar-refractivity contribution in [3.63, 3.8) is 0 Å². The average Bonchev–Trinajstić information content (AvgIpc) is 3.75. The molecule has 11 rings (SSSR count). The normalized spacial score (nSPS) is 15.1. The van der Waals surface area contributed by atoms with Crippen LogP contribution >= 0.6 is 0 Å². The molecule has 0 N–H and O–H groups in total. The van der Waals surface area contributed by atoms with Gasteiger partial charge in [-0.05, 0) is 158 Å². The third-order valence-corrected chi connectivity index (χ3v) is 14.6. The highest BCUT2D eigenvalue weighted by atomic mass is 15.1. The molecule has 0 fully saturated rings. The monoisotopic (exact) mass is 888 g/mol. The Bertz CT molecular complexity index is 3410. The molecule has 9 aromatic carbocycles. The van der Waals surface area contributed by atoms with Gasteiger partial charge in [0, 0.05) is 45.0 Å². The molecule has 0 radical (unpaired) electrons. The van der Waals surface area contributed by atoms with Crippen LogP contribution in [-0.2, 0) is 10.8 Å². The summed E-state index contributed by atoms with van der Waals surface area (Å²) in [5.74, 6) is 0. The van der Waals surface area contributed by atoms with Crippen LogP contribution in [0.15, 0.2) is 249 Å². The van der Waals surface area contributed by atoms with Gasteiger partial charge in [0.25, 0.3) is 0 Å². The summed E-state index contributed by atoms with van der Waals surface area (Å²) >= 11 is 0. The minimum atomic E-state index is -0.155. The first kappa shape index (κ1) is 43.4. The molecule has 0 unspecified atom stereocenters. The van der Waals surface area contributed by atoms with Crippen LogP contribution in [0.1, 0.15) is 56.9 Å². The number of anilines is 6. The summed E-state index contributed by atoms with van der Waals surface area (Å²) in [6.07, 6.45) is 6.32. The van der Waals surface area contributed by atoms with E-state index in [9.17, 15) is 0 Å². The van der Waals surface area contributed by atoms with Gasteiger partial charge >= 0.3 is 0 Å². The molecule has 2 nitrogen and oxygen atoms in total. The van der Waals surface area contributed by atoms with E-state index in [0.717, 1.165) is 45.3 Å². The molecule has 0 spiro atoms. The van der Waals surface area contributed by atoms with Gasteiger partial charge < -0.3 is 9.80 Å². The average molecular weight is 889 g/mol. The van der Waals surface area contributed by atoms with Crippen molar-refractivity contribution in [1.82, 2.24) is 0 Å². The summed E-state index contributed by atoms with van der Waals surface area (Å²) in [5, 5.41) is 0. The quantitative estimate of drug-likeness (QED) is 0.135. The lowest BCUT2D eigenvalue weighted by Gasteiger charge is -2.28. The Kier molecular flexibility index (Phi) is 11.0. The zero-order valence-electron chi connectivity index (χ0n) is 40.1. The van der Waals surface area contributed by atoms with Gasteiger partial charge in [-0.3, -0.25) is 0 Å². The molecule has 0 saturated heterocycles. The Balaban J connectivity index is 0.953. The molecule has 2 aliphatic carbocycles. The Labute approximate surface area is 408 Å². The van der Waals surface area contributed by atoms with Crippen LogP contribution in [0.25, 0.3) is 50.1 Å². The summed E-state index contributed by atoms with van der Waals surface area (Å²) < 4.78 is 0. The number of hydrogen-bond donors (Lipinski definition) is 0. The van der Waals surface area contributed by atoms with Gasteiger partial charge in [0.05, 0.1) is 0 Å². The van der Waals surface area contributed by atoms with Crippen LogP contribution in [0.3, 0.4) is 0 Å². The zero-order chi connectivity index (χ0) is 47.3. The van der Waals surface area contributed by atoms with E-state index in [4.69, 9.17) is 0 Å². The number of rotatable bonds is 10. The highest BCUT2D eigenvalue weighted by Crippen LogP contribution is 2.53. The van der Waals surface area contributed by atoms with Gasteiger partial charge in [-0.15, -0.1) is 0 Å². The molecule has 0 aliphatic heterocycles. The molecule has 0 saturated carbocycles. The Morgan fingerprint density at radius 2 is 0.696 bits per heavy atom. The maximum absolute atomic E-state index is 4.05. The molecule has 0 atom stereocenters. The fraction of sp³-hybridized carbons (Fsp3) is 0.104. The first-order valence-corrected chi connectivity index (χ1v) is 24.1. The number of hydrogen-bond acceptors (Lipinski definition) is 2. The summed E-state index contributed by atoms with van der Waals surface area (Å²) in [4.78, 5) is 4.79. The van der Waals surface area contributed by atoms with Gasteiger partial charge in [-0.1, -0.05) is 198 Å². The lowest BCUT2D eigenvalue weighted by Crippen LogP contribution is -2.16.